The number of halogens is 1. The van der Waals surface area contributed by atoms with Crippen molar-refractivity contribution in [3.8, 4) is 0 Å². The van der Waals surface area contributed by atoms with Crippen molar-refractivity contribution in [2.45, 2.75) is 19.9 Å². The van der Waals surface area contributed by atoms with Crippen LogP contribution in [0.5, 0.6) is 0 Å². The SMILES string of the molecule is CCNCCC(=O)NCc1ccc(Cl)cc1. The highest BCUT2D eigenvalue weighted by Crippen LogP contribution is 2.08. The molecule has 0 aliphatic carbocycles. The molecular weight excluding hydrogens is 224 g/mol. The molecule has 1 aromatic carbocycles. The third kappa shape index (κ3) is 5.14. The molecule has 0 fully saturated rings. The van der Waals surface area contributed by atoms with Gasteiger partial charge in [0, 0.05) is 24.5 Å². The Hall–Kier alpha value is -1.06. The van der Waals surface area contributed by atoms with Crippen LogP contribution in [-0.2, 0) is 11.3 Å². The summed E-state index contributed by atoms with van der Waals surface area (Å²) in [7, 11) is 0. The molecule has 0 unspecified atom stereocenters. The van der Waals surface area contributed by atoms with Crippen molar-refractivity contribution in [1.82, 2.24) is 10.6 Å². The number of rotatable bonds is 6. The minimum Gasteiger partial charge on any atom is -0.352 e. The van der Waals surface area contributed by atoms with Gasteiger partial charge in [0.1, 0.15) is 0 Å². The number of benzene rings is 1. The van der Waals surface area contributed by atoms with Crippen LogP contribution >= 0.6 is 11.6 Å². The zero-order valence-electron chi connectivity index (χ0n) is 9.42. The fourth-order valence-corrected chi connectivity index (χ4v) is 1.40. The molecule has 88 valence electrons. The molecule has 0 spiro atoms. The quantitative estimate of drug-likeness (QED) is 0.747. The predicted molar refractivity (Wildman–Crippen MR) is 66.5 cm³/mol. The van der Waals surface area contributed by atoms with E-state index >= 15 is 0 Å². The molecule has 0 saturated carbocycles. The first-order chi connectivity index (χ1) is 7.72. The van der Waals surface area contributed by atoms with Gasteiger partial charge in [-0.2, -0.15) is 0 Å². The third-order valence-electron chi connectivity index (χ3n) is 2.18. The van der Waals surface area contributed by atoms with E-state index in [2.05, 4.69) is 10.6 Å². The first-order valence-corrected chi connectivity index (χ1v) is 5.82. The molecule has 0 bridgehead atoms. The van der Waals surface area contributed by atoms with Gasteiger partial charge in [-0.15, -0.1) is 0 Å². The summed E-state index contributed by atoms with van der Waals surface area (Å²) in [6.45, 7) is 4.20. The molecule has 0 heterocycles. The Kier molecular flexibility index (Phi) is 5.90. The Labute approximate surface area is 101 Å². The number of amides is 1. The normalized spacial score (nSPS) is 10.1. The minimum absolute atomic E-state index is 0.0656. The van der Waals surface area contributed by atoms with Crippen LogP contribution in [0.4, 0.5) is 0 Å². The molecule has 1 amide bonds. The Bertz CT molecular complexity index is 324. The molecule has 1 rings (SSSR count). The maximum Gasteiger partial charge on any atom is 0.221 e. The van der Waals surface area contributed by atoms with E-state index in [1.54, 1.807) is 0 Å². The van der Waals surface area contributed by atoms with Crippen LogP contribution in [0.15, 0.2) is 24.3 Å². The van der Waals surface area contributed by atoms with Crippen LogP contribution in [-0.4, -0.2) is 19.0 Å². The summed E-state index contributed by atoms with van der Waals surface area (Å²) in [4.78, 5) is 11.4. The molecule has 0 radical (unpaired) electrons. The molecule has 0 saturated heterocycles. The van der Waals surface area contributed by atoms with E-state index < -0.39 is 0 Å². The van der Waals surface area contributed by atoms with Crippen molar-refractivity contribution in [2.24, 2.45) is 0 Å². The third-order valence-corrected chi connectivity index (χ3v) is 2.43. The molecule has 2 N–H and O–H groups in total. The highest BCUT2D eigenvalue weighted by molar-refractivity contribution is 6.30. The van der Waals surface area contributed by atoms with Gasteiger partial charge in [0.2, 0.25) is 5.91 Å². The van der Waals surface area contributed by atoms with Crippen LogP contribution in [0, 0.1) is 0 Å². The van der Waals surface area contributed by atoms with E-state index in [1.807, 2.05) is 31.2 Å². The largest absolute Gasteiger partial charge is 0.352 e. The van der Waals surface area contributed by atoms with Gasteiger partial charge in [-0.05, 0) is 24.2 Å². The van der Waals surface area contributed by atoms with E-state index in [1.165, 1.54) is 0 Å². The lowest BCUT2D eigenvalue weighted by Crippen LogP contribution is -2.27. The average Bonchev–Trinajstić information content (AvgIpc) is 2.29. The van der Waals surface area contributed by atoms with Crippen molar-refractivity contribution in [3.05, 3.63) is 34.9 Å². The van der Waals surface area contributed by atoms with Gasteiger partial charge in [-0.1, -0.05) is 30.7 Å². The van der Waals surface area contributed by atoms with Gasteiger partial charge in [0.15, 0.2) is 0 Å². The van der Waals surface area contributed by atoms with E-state index in [4.69, 9.17) is 11.6 Å². The second kappa shape index (κ2) is 7.25. The first-order valence-electron chi connectivity index (χ1n) is 5.44. The summed E-state index contributed by atoms with van der Waals surface area (Å²) >= 11 is 5.76. The summed E-state index contributed by atoms with van der Waals surface area (Å²) < 4.78 is 0. The van der Waals surface area contributed by atoms with Crippen molar-refractivity contribution >= 4 is 17.5 Å². The van der Waals surface area contributed by atoms with Crippen LogP contribution in [0.2, 0.25) is 5.02 Å². The zero-order valence-corrected chi connectivity index (χ0v) is 10.2. The molecule has 0 aliphatic rings. The number of carbonyl (C=O) groups is 1. The highest BCUT2D eigenvalue weighted by Gasteiger charge is 2.00. The Balaban J connectivity index is 2.23. The lowest BCUT2D eigenvalue weighted by Gasteiger charge is -2.05. The van der Waals surface area contributed by atoms with Crippen LogP contribution in [0.25, 0.3) is 0 Å². The predicted octanol–water partition coefficient (Wildman–Crippen LogP) is 1.96. The summed E-state index contributed by atoms with van der Waals surface area (Å²) in [5, 5.41) is 6.67. The van der Waals surface area contributed by atoms with Crippen LogP contribution in [0.1, 0.15) is 18.9 Å². The Morgan fingerprint density at radius 1 is 1.31 bits per heavy atom. The van der Waals surface area contributed by atoms with E-state index in [0.29, 0.717) is 18.0 Å². The fourth-order valence-electron chi connectivity index (χ4n) is 1.27. The van der Waals surface area contributed by atoms with Gasteiger partial charge in [-0.25, -0.2) is 0 Å². The lowest BCUT2D eigenvalue weighted by atomic mass is 10.2. The molecule has 16 heavy (non-hydrogen) atoms. The monoisotopic (exact) mass is 240 g/mol. The van der Waals surface area contributed by atoms with Crippen LogP contribution < -0.4 is 10.6 Å². The molecular formula is C12H17ClN2O. The van der Waals surface area contributed by atoms with Crippen molar-refractivity contribution < 1.29 is 4.79 Å². The molecule has 0 aliphatic heterocycles. The van der Waals surface area contributed by atoms with Gasteiger partial charge in [0.05, 0.1) is 0 Å². The topological polar surface area (TPSA) is 41.1 Å². The van der Waals surface area contributed by atoms with Gasteiger partial charge < -0.3 is 10.6 Å². The highest BCUT2D eigenvalue weighted by atomic mass is 35.5. The van der Waals surface area contributed by atoms with Crippen molar-refractivity contribution in [1.29, 1.82) is 0 Å². The molecule has 3 nitrogen and oxygen atoms in total. The van der Waals surface area contributed by atoms with Crippen molar-refractivity contribution in [3.63, 3.8) is 0 Å². The van der Waals surface area contributed by atoms with E-state index in [9.17, 15) is 4.79 Å². The first kappa shape index (κ1) is 13.0. The maximum atomic E-state index is 11.4. The summed E-state index contributed by atoms with van der Waals surface area (Å²) in [6, 6.07) is 7.46. The van der Waals surface area contributed by atoms with Crippen LogP contribution in [0.3, 0.4) is 0 Å². The van der Waals surface area contributed by atoms with Crippen molar-refractivity contribution in [2.75, 3.05) is 13.1 Å². The smallest absolute Gasteiger partial charge is 0.221 e. The van der Waals surface area contributed by atoms with Gasteiger partial charge in [-0.3, -0.25) is 4.79 Å². The fraction of sp³-hybridized carbons (Fsp3) is 0.417. The number of nitrogens with one attached hydrogen (secondary N) is 2. The number of hydrogen-bond donors (Lipinski definition) is 2. The summed E-state index contributed by atoms with van der Waals surface area (Å²) in [6.07, 6.45) is 0.515. The molecule has 0 atom stereocenters. The van der Waals surface area contributed by atoms with Gasteiger partial charge >= 0.3 is 0 Å². The summed E-state index contributed by atoms with van der Waals surface area (Å²) in [5.41, 5.74) is 1.06. The Morgan fingerprint density at radius 3 is 2.62 bits per heavy atom. The Morgan fingerprint density at radius 2 is 2.00 bits per heavy atom. The summed E-state index contributed by atoms with van der Waals surface area (Å²) in [5.74, 6) is 0.0656. The molecule has 4 heteroatoms. The second-order valence-electron chi connectivity index (χ2n) is 3.51. The second-order valence-corrected chi connectivity index (χ2v) is 3.94. The molecule has 1 aromatic rings. The van der Waals surface area contributed by atoms with E-state index in [-0.39, 0.29) is 5.91 Å². The zero-order chi connectivity index (χ0) is 11.8. The number of carbonyl (C=O) groups excluding carboxylic acids is 1. The minimum atomic E-state index is 0.0656. The van der Waals surface area contributed by atoms with Gasteiger partial charge in [0.25, 0.3) is 0 Å². The molecule has 0 aromatic heterocycles. The number of hydrogen-bond acceptors (Lipinski definition) is 2. The lowest BCUT2D eigenvalue weighted by molar-refractivity contribution is -0.121. The average molecular weight is 241 g/mol. The standard InChI is InChI=1S/C12H17ClN2O/c1-2-14-8-7-12(16)15-9-10-3-5-11(13)6-4-10/h3-6,14H,2,7-9H2,1H3,(H,15,16). The maximum absolute atomic E-state index is 11.4. The van der Waals surface area contributed by atoms with E-state index in [0.717, 1.165) is 18.7 Å².